The van der Waals surface area contributed by atoms with Crippen LogP contribution in [0.4, 0.5) is 4.39 Å². The Morgan fingerprint density at radius 1 is 1.25 bits per heavy atom. The van der Waals surface area contributed by atoms with Crippen molar-refractivity contribution in [2.24, 2.45) is 0 Å². The molecule has 0 aromatic heterocycles. The van der Waals surface area contributed by atoms with E-state index in [-0.39, 0.29) is 29.5 Å². The van der Waals surface area contributed by atoms with Crippen LogP contribution in [0.25, 0.3) is 0 Å². The molecule has 0 spiro atoms. The number of ether oxygens (including phenoxy) is 1. The van der Waals surface area contributed by atoms with Crippen molar-refractivity contribution >= 4 is 23.4 Å². The lowest BCUT2D eigenvalue weighted by atomic mass is 10.1. The number of methoxy groups -OCH3 is 1. The van der Waals surface area contributed by atoms with E-state index in [2.05, 4.69) is 5.32 Å². The minimum Gasteiger partial charge on any atom is -0.497 e. The van der Waals surface area contributed by atoms with Crippen LogP contribution in [0.2, 0.25) is 5.02 Å². The lowest BCUT2D eigenvalue weighted by Crippen LogP contribution is -2.48. The summed E-state index contributed by atoms with van der Waals surface area (Å²) in [5, 5.41) is 2.90. The van der Waals surface area contributed by atoms with Gasteiger partial charge in [0.25, 0.3) is 0 Å². The van der Waals surface area contributed by atoms with E-state index in [1.807, 2.05) is 6.07 Å². The Balaban J connectivity index is 2.31. The molecule has 2 rings (SSSR count). The van der Waals surface area contributed by atoms with Crippen LogP contribution in [0.15, 0.2) is 42.5 Å². The van der Waals surface area contributed by atoms with Crippen molar-refractivity contribution in [3.8, 4) is 5.75 Å². The Morgan fingerprint density at radius 2 is 1.96 bits per heavy atom. The maximum Gasteiger partial charge on any atom is 0.242 e. The largest absolute Gasteiger partial charge is 0.497 e. The minimum atomic E-state index is -0.732. The smallest absolute Gasteiger partial charge is 0.242 e. The summed E-state index contributed by atoms with van der Waals surface area (Å²) in [5.74, 6) is -0.576. The van der Waals surface area contributed by atoms with E-state index in [9.17, 15) is 14.0 Å². The van der Waals surface area contributed by atoms with E-state index >= 15 is 0 Å². The van der Waals surface area contributed by atoms with Gasteiger partial charge in [-0.15, -0.1) is 0 Å². The predicted octanol–water partition coefficient (Wildman–Crippen LogP) is 3.58. The van der Waals surface area contributed by atoms with Crippen LogP contribution in [0.5, 0.6) is 5.75 Å². The van der Waals surface area contributed by atoms with Crippen LogP contribution < -0.4 is 10.1 Å². The van der Waals surface area contributed by atoms with E-state index < -0.39 is 17.8 Å². The molecule has 5 nitrogen and oxygen atoms in total. The molecule has 0 aliphatic carbocycles. The third-order valence-electron chi connectivity index (χ3n) is 4.40. The van der Waals surface area contributed by atoms with Crippen LogP contribution in [-0.4, -0.2) is 36.4 Å². The molecule has 0 bridgehead atoms. The summed E-state index contributed by atoms with van der Waals surface area (Å²) in [7, 11) is 1.56. The number of nitrogens with zero attached hydrogens (tertiary/aromatic N) is 1. The van der Waals surface area contributed by atoms with Crippen molar-refractivity contribution in [2.75, 3.05) is 13.7 Å². The van der Waals surface area contributed by atoms with Crippen molar-refractivity contribution in [1.82, 2.24) is 10.2 Å². The molecule has 0 fully saturated rings. The third-order valence-corrected chi connectivity index (χ3v) is 4.75. The van der Waals surface area contributed by atoms with E-state index in [4.69, 9.17) is 16.3 Å². The number of likely N-dealkylation sites (N-methyl/N-ethyl adjacent to an activating group) is 1. The highest BCUT2D eigenvalue weighted by atomic mass is 35.5. The van der Waals surface area contributed by atoms with E-state index in [1.165, 1.54) is 23.1 Å². The molecule has 1 atom stereocenters. The molecule has 2 aromatic rings. The third kappa shape index (κ3) is 5.45. The van der Waals surface area contributed by atoms with Gasteiger partial charge in [-0.05, 0) is 43.7 Å². The Bertz CT molecular complexity index is 824. The molecule has 0 aliphatic rings. The first-order chi connectivity index (χ1) is 13.4. The Hall–Kier alpha value is -2.60. The standard InChI is InChI=1S/C21H24ClFN2O3/c1-4-24-21(27)14(2)25(13-15-7-5-8-16(11-15)28-3)20(26)12-17-18(22)9-6-10-19(17)23/h5-11,14H,4,12-13H2,1-3H3,(H,24,27). The first-order valence-corrected chi connectivity index (χ1v) is 9.38. The number of benzene rings is 2. The summed E-state index contributed by atoms with van der Waals surface area (Å²) in [6.07, 6.45) is -0.237. The molecule has 1 N–H and O–H groups in total. The summed E-state index contributed by atoms with van der Waals surface area (Å²) in [6.45, 7) is 4.08. The van der Waals surface area contributed by atoms with Crippen LogP contribution in [0.1, 0.15) is 25.0 Å². The monoisotopic (exact) mass is 406 g/mol. The zero-order valence-electron chi connectivity index (χ0n) is 16.2. The van der Waals surface area contributed by atoms with Crippen LogP contribution in [0, 0.1) is 5.82 Å². The zero-order chi connectivity index (χ0) is 20.7. The second-order valence-electron chi connectivity index (χ2n) is 6.32. The van der Waals surface area contributed by atoms with Gasteiger partial charge in [-0.2, -0.15) is 0 Å². The SMILES string of the molecule is CCNC(=O)C(C)N(Cc1cccc(OC)c1)C(=O)Cc1c(F)cccc1Cl. The molecule has 28 heavy (non-hydrogen) atoms. The van der Waals surface area contributed by atoms with Gasteiger partial charge in [-0.25, -0.2) is 4.39 Å². The van der Waals surface area contributed by atoms with Crippen LogP contribution in [0.3, 0.4) is 0 Å². The summed E-state index contributed by atoms with van der Waals surface area (Å²) in [5.41, 5.74) is 0.913. The van der Waals surface area contributed by atoms with Gasteiger partial charge in [0.15, 0.2) is 0 Å². The van der Waals surface area contributed by atoms with E-state index in [0.29, 0.717) is 12.3 Å². The normalized spacial score (nSPS) is 11.6. The van der Waals surface area contributed by atoms with Crippen molar-refractivity contribution in [2.45, 2.75) is 32.9 Å². The van der Waals surface area contributed by atoms with Crippen molar-refractivity contribution in [3.63, 3.8) is 0 Å². The lowest BCUT2D eigenvalue weighted by Gasteiger charge is -2.29. The quantitative estimate of drug-likeness (QED) is 0.728. The van der Waals surface area contributed by atoms with E-state index in [1.54, 1.807) is 39.2 Å². The minimum absolute atomic E-state index is 0.118. The fourth-order valence-electron chi connectivity index (χ4n) is 2.83. The van der Waals surface area contributed by atoms with Gasteiger partial charge < -0.3 is 15.0 Å². The first kappa shape index (κ1) is 21.7. The fraction of sp³-hybridized carbons (Fsp3) is 0.333. The number of hydrogen-bond acceptors (Lipinski definition) is 3. The molecule has 1 unspecified atom stereocenters. The number of rotatable bonds is 8. The van der Waals surface area contributed by atoms with Crippen molar-refractivity contribution in [1.29, 1.82) is 0 Å². The highest BCUT2D eigenvalue weighted by molar-refractivity contribution is 6.31. The molecule has 7 heteroatoms. The van der Waals surface area contributed by atoms with Gasteiger partial charge in [-0.1, -0.05) is 29.8 Å². The van der Waals surface area contributed by atoms with Crippen LogP contribution >= 0.6 is 11.6 Å². The average Bonchev–Trinajstić information content (AvgIpc) is 2.68. The summed E-state index contributed by atoms with van der Waals surface area (Å²) >= 11 is 6.06. The molecule has 0 saturated heterocycles. The number of halogens is 2. The second kappa shape index (κ2) is 10.1. The topological polar surface area (TPSA) is 58.6 Å². The van der Waals surface area contributed by atoms with E-state index in [0.717, 1.165) is 5.56 Å². The lowest BCUT2D eigenvalue weighted by molar-refractivity contribution is -0.140. The molecule has 2 aromatic carbocycles. The highest BCUT2D eigenvalue weighted by Crippen LogP contribution is 2.22. The Kier molecular flexibility index (Phi) is 7.81. The van der Waals surface area contributed by atoms with Gasteiger partial charge in [0.2, 0.25) is 11.8 Å². The highest BCUT2D eigenvalue weighted by Gasteiger charge is 2.27. The first-order valence-electron chi connectivity index (χ1n) is 9.00. The molecular formula is C21H24ClFN2O3. The van der Waals surface area contributed by atoms with Crippen LogP contribution in [-0.2, 0) is 22.6 Å². The number of amides is 2. The maximum atomic E-state index is 14.1. The summed E-state index contributed by atoms with van der Waals surface area (Å²) < 4.78 is 19.4. The van der Waals surface area contributed by atoms with Gasteiger partial charge in [0, 0.05) is 23.7 Å². The predicted molar refractivity (Wildman–Crippen MR) is 107 cm³/mol. The number of nitrogens with one attached hydrogen (secondary N) is 1. The molecule has 0 saturated carbocycles. The fourth-order valence-corrected chi connectivity index (χ4v) is 3.06. The molecule has 0 radical (unpaired) electrons. The number of carbonyl (C=O) groups excluding carboxylic acids is 2. The second-order valence-corrected chi connectivity index (χ2v) is 6.73. The molecular weight excluding hydrogens is 383 g/mol. The van der Waals surface area contributed by atoms with Crippen molar-refractivity contribution < 1.29 is 18.7 Å². The Morgan fingerprint density at radius 3 is 2.61 bits per heavy atom. The molecule has 0 aliphatic heterocycles. The molecule has 2 amide bonds. The van der Waals surface area contributed by atoms with Crippen molar-refractivity contribution in [3.05, 3.63) is 64.4 Å². The van der Waals surface area contributed by atoms with Gasteiger partial charge in [0.05, 0.1) is 13.5 Å². The summed E-state index contributed by atoms with van der Waals surface area (Å²) in [6, 6.07) is 10.8. The van der Waals surface area contributed by atoms with Gasteiger partial charge >= 0.3 is 0 Å². The average molecular weight is 407 g/mol. The zero-order valence-corrected chi connectivity index (χ0v) is 16.9. The number of carbonyl (C=O) groups is 2. The molecule has 0 heterocycles. The maximum absolute atomic E-state index is 14.1. The summed E-state index contributed by atoms with van der Waals surface area (Å²) in [4.78, 5) is 26.8. The Labute approximate surface area is 169 Å². The van der Waals surface area contributed by atoms with Gasteiger partial charge in [0.1, 0.15) is 17.6 Å². The number of hydrogen-bond donors (Lipinski definition) is 1. The van der Waals surface area contributed by atoms with Gasteiger partial charge in [-0.3, -0.25) is 9.59 Å². The molecule has 150 valence electrons.